The molecule has 0 aliphatic rings. The van der Waals surface area contributed by atoms with E-state index >= 15 is 0 Å². The SMILES string of the molecule is COCC(C)(C)NS(=O)(=O)c1ccc(C#CCN)cc1. The number of hydrogen-bond acceptors (Lipinski definition) is 4. The molecule has 0 saturated heterocycles. The number of nitrogens with two attached hydrogens (primary N) is 1. The summed E-state index contributed by atoms with van der Waals surface area (Å²) in [6.45, 7) is 4.07. The first kappa shape index (κ1) is 16.7. The van der Waals surface area contributed by atoms with Crippen LogP contribution in [0.3, 0.4) is 0 Å². The minimum absolute atomic E-state index is 0.194. The lowest BCUT2D eigenvalue weighted by Gasteiger charge is -2.24. The molecule has 0 saturated carbocycles. The van der Waals surface area contributed by atoms with Gasteiger partial charge in [0.05, 0.1) is 23.6 Å². The summed E-state index contributed by atoms with van der Waals surface area (Å²) < 4.78 is 32.0. The second kappa shape index (κ2) is 6.86. The van der Waals surface area contributed by atoms with Gasteiger partial charge in [0, 0.05) is 12.7 Å². The molecule has 110 valence electrons. The molecule has 1 aromatic rings. The van der Waals surface area contributed by atoms with Crippen molar-refractivity contribution < 1.29 is 13.2 Å². The van der Waals surface area contributed by atoms with Crippen LogP contribution < -0.4 is 10.5 Å². The lowest BCUT2D eigenvalue weighted by atomic mass is 10.1. The van der Waals surface area contributed by atoms with Crippen LogP contribution in [0, 0.1) is 11.8 Å². The van der Waals surface area contributed by atoms with Crippen molar-refractivity contribution in [2.45, 2.75) is 24.3 Å². The van der Waals surface area contributed by atoms with Gasteiger partial charge in [0.2, 0.25) is 10.0 Å². The van der Waals surface area contributed by atoms with Crippen LogP contribution in [0.5, 0.6) is 0 Å². The molecule has 0 amide bonds. The van der Waals surface area contributed by atoms with E-state index in [4.69, 9.17) is 10.5 Å². The molecule has 0 unspecified atom stereocenters. The molecule has 0 bridgehead atoms. The minimum atomic E-state index is -3.58. The largest absolute Gasteiger partial charge is 0.383 e. The second-order valence-electron chi connectivity index (χ2n) is 4.95. The zero-order valence-electron chi connectivity index (χ0n) is 11.9. The Bertz CT molecular complexity index is 596. The predicted molar refractivity (Wildman–Crippen MR) is 78.7 cm³/mol. The lowest BCUT2D eigenvalue weighted by molar-refractivity contribution is 0.141. The highest BCUT2D eigenvalue weighted by Gasteiger charge is 2.25. The summed E-state index contributed by atoms with van der Waals surface area (Å²) in [5.41, 5.74) is 5.33. The van der Waals surface area contributed by atoms with Crippen LogP contribution >= 0.6 is 0 Å². The van der Waals surface area contributed by atoms with E-state index in [1.54, 1.807) is 26.0 Å². The van der Waals surface area contributed by atoms with Gasteiger partial charge in [-0.15, -0.1) is 0 Å². The average Bonchev–Trinajstić information content (AvgIpc) is 2.35. The van der Waals surface area contributed by atoms with Gasteiger partial charge in [-0.2, -0.15) is 0 Å². The molecule has 20 heavy (non-hydrogen) atoms. The summed E-state index contributed by atoms with van der Waals surface area (Å²) >= 11 is 0. The summed E-state index contributed by atoms with van der Waals surface area (Å²) in [7, 11) is -2.05. The van der Waals surface area contributed by atoms with Gasteiger partial charge in [-0.1, -0.05) is 11.8 Å². The summed E-state index contributed by atoms with van der Waals surface area (Å²) in [6, 6.07) is 6.35. The van der Waals surface area contributed by atoms with Crippen molar-refractivity contribution in [1.29, 1.82) is 0 Å². The van der Waals surface area contributed by atoms with E-state index in [-0.39, 0.29) is 18.0 Å². The molecule has 3 N–H and O–H groups in total. The number of methoxy groups -OCH3 is 1. The van der Waals surface area contributed by atoms with Gasteiger partial charge in [0.25, 0.3) is 0 Å². The molecule has 0 atom stereocenters. The molecule has 0 radical (unpaired) electrons. The predicted octanol–water partition coefficient (Wildman–Crippen LogP) is 0.700. The van der Waals surface area contributed by atoms with E-state index in [9.17, 15) is 8.42 Å². The Hall–Kier alpha value is -1.39. The van der Waals surface area contributed by atoms with Gasteiger partial charge in [0.1, 0.15) is 0 Å². The Balaban J connectivity index is 2.93. The highest BCUT2D eigenvalue weighted by molar-refractivity contribution is 7.89. The maximum atomic E-state index is 12.2. The van der Waals surface area contributed by atoms with Crippen LogP contribution in [0.25, 0.3) is 0 Å². The Labute approximate surface area is 120 Å². The maximum absolute atomic E-state index is 12.2. The molecular weight excluding hydrogens is 276 g/mol. The van der Waals surface area contributed by atoms with Crippen molar-refractivity contribution in [3.63, 3.8) is 0 Å². The van der Waals surface area contributed by atoms with E-state index in [1.165, 1.54) is 19.2 Å². The van der Waals surface area contributed by atoms with Crippen LogP contribution in [0.4, 0.5) is 0 Å². The van der Waals surface area contributed by atoms with Crippen molar-refractivity contribution in [3.8, 4) is 11.8 Å². The van der Waals surface area contributed by atoms with E-state index < -0.39 is 15.6 Å². The molecule has 6 heteroatoms. The average molecular weight is 296 g/mol. The normalized spacial score (nSPS) is 11.8. The van der Waals surface area contributed by atoms with Crippen molar-refractivity contribution in [1.82, 2.24) is 4.72 Å². The fourth-order valence-electron chi connectivity index (χ4n) is 1.68. The monoisotopic (exact) mass is 296 g/mol. The van der Waals surface area contributed by atoms with Gasteiger partial charge >= 0.3 is 0 Å². The van der Waals surface area contributed by atoms with Gasteiger partial charge < -0.3 is 10.5 Å². The minimum Gasteiger partial charge on any atom is -0.383 e. The molecule has 0 spiro atoms. The molecular formula is C14H20N2O3S. The molecule has 1 aromatic carbocycles. The van der Waals surface area contributed by atoms with Gasteiger partial charge in [-0.05, 0) is 38.1 Å². The lowest BCUT2D eigenvalue weighted by Crippen LogP contribution is -2.46. The summed E-state index contributed by atoms with van der Waals surface area (Å²) in [6.07, 6.45) is 0. The molecule has 1 rings (SSSR count). The number of ether oxygens (including phenoxy) is 1. The van der Waals surface area contributed by atoms with Gasteiger partial charge in [-0.25, -0.2) is 13.1 Å². The first-order valence-corrected chi connectivity index (χ1v) is 7.61. The van der Waals surface area contributed by atoms with Crippen LogP contribution in [0.15, 0.2) is 29.2 Å². The Kier molecular flexibility index (Phi) is 5.72. The molecule has 0 heterocycles. The molecule has 5 nitrogen and oxygen atoms in total. The Morgan fingerprint density at radius 3 is 2.40 bits per heavy atom. The van der Waals surface area contributed by atoms with Crippen molar-refractivity contribution >= 4 is 10.0 Å². The smallest absolute Gasteiger partial charge is 0.241 e. The Morgan fingerprint density at radius 1 is 1.30 bits per heavy atom. The molecule has 0 fully saturated rings. The zero-order chi connectivity index (χ0) is 15.2. The molecule has 0 aromatic heterocycles. The second-order valence-corrected chi connectivity index (χ2v) is 6.64. The first-order valence-electron chi connectivity index (χ1n) is 6.13. The third kappa shape index (κ3) is 4.94. The molecule has 0 aliphatic carbocycles. The third-order valence-electron chi connectivity index (χ3n) is 2.42. The van der Waals surface area contributed by atoms with Crippen LogP contribution in [0.2, 0.25) is 0 Å². The number of nitrogens with one attached hydrogen (secondary N) is 1. The van der Waals surface area contributed by atoms with E-state index in [1.807, 2.05) is 0 Å². The highest BCUT2D eigenvalue weighted by atomic mass is 32.2. The van der Waals surface area contributed by atoms with E-state index in [0.717, 1.165) is 5.56 Å². The number of sulfonamides is 1. The van der Waals surface area contributed by atoms with Gasteiger partial charge in [0.15, 0.2) is 0 Å². The fourth-order valence-corrected chi connectivity index (χ4v) is 3.08. The van der Waals surface area contributed by atoms with Crippen molar-refractivity contribution in [2.75, 3.05) is 20.3 Å². The first-order chi connectivity index (χ1) is 9.30. The number of hydrogen-bond donors (Lipinski definition) is 2. The zero-order valence-corrected chi connectivity index (χ0v) is 12.8. The van der Waals surface area contributed by atoms with Crippen LogP contribution in [-0.4, -0.2) is 34.2 Å². The fraction of sp³-hybridized carbons (Fsp3) is 0.429. The van der Waals surface area contributed by atoms with Gasteiger partial charge in [-0.3, -0.25) is 0 Å². The van der Waals surface area contributed by atoms with Crippen molar-refractivity contribution in [2.24, 2.45) is 5.73 Å². The molecule has 0 aliphatic heterocycles. The maximum Gasteiger partial charge on any atom is 0.241 e. The van der Waals surface area contributed by atoms with E-state index in [2.05, 4.69) is 16.6 Å². The van der Waals surface area contributed by atoms with E-state index in [0.29, 0.717) is 0 Å². The summed E-state index contributed by atoms with van der Waals surface area (Å²) in [4.78, 5) is 0.194. The van der Waals surface area contributed by atoms with Crippen LogP contribution in [0.1, 0.15) is 19.4 Å². The van der Waals surface area contributed by atoms with Crippen LogP contribution in [-0.2, 0) is 14.8 Å². The quantitative estimate of drug-likeness (QED) is 0.784. The summed E-state index contributed by atoms with van der Waals surface area (Å²) in [5.74, 6) is 5.56. The Morgan fingerprint density at radius 2 is 1.90 bits per heavy atom. The highest BCUT2D eigenvalue weighted by Crippen LogP contribution is 2.14. The number of benzene rings is 1. The third-order valence-corrected chi connectivity index (χ3v) is 4.13. The standard InChI is InChI=1S/C14H20N2O3S/c1-14(2,11-19-3)16-20(17,18)13-8-6-12(7-9-13)5-4-10-15/h6-9,16H,10-11,15H2,1-3H3. The van der Waals surface area contributed by atoms with Crippen molar-refractivity contribution in [3.05, 3.63) is 29.8 Å². The number of rotatable bonds is 5. The summed E-state index contributed by atoms with van der Waals surface area (Å²) in [5, 5.41) is 0. The topological polar surface area (TPSA) is 81.4 Å².